The zero-order chi connectivity index (χ0) is 18.8. The Morgan fingerprint density at radius 3 is 2.59 bits per heavy atom. The van der Waals surface area contributed by atoms with Crippen molar-refractivity contribution in [2.24, 2.45) is 0 Å². The molecule has 134 valence electrons. The maximum absolute atomic E-state index is 12.7. The Bertz CT molecular complexity index is 1120. The van der Waals surface area contributed by atoms with Crippen molar-refractivity contribution in [2.75, 3.05) is 5.32 Å². The summed E-state index contributed by atoms with van der Waals surface area (Å²) in [7, 11) is 0. The number of amides is 1. The largest absolute Gasteiger partial charge is 0.325 e. The molecular weight excluding hydrogens is 358 g/mol. The van der Waals surface area contributed by atoms with E-state index in [0.29, 0.717) is 10.7 Å². The third-order valence-electron chi connectivity index (χ3n) is 4.36. The molecule has 0 fully saturated rings. The number of rotatable bonds is 4. The van der Waals surface area contributed by atoms with Gasteiger partial charge in [0.05, 0.1) is 11.0 Å². The Morgan fingerprint density at radius 2 is 1.81 bits per heavy atom. The predicted octanol–water partition coefficient (Wildman–Crippen LogP) is 5.30. The van der Waals surface area contributed by atoms with Gasteiger partial charge in [-0.2, -0.15) is 0 Å². The van der Waals surface area contributed by atoms with Crippen LogP contribution in [0, 0.1) is 6.92 Å². The van der Waals surface area contributed by atoms with Crippen molar-refractivity contribution in [1.29, 1.82) is 0 Å². The molecule has 4 aromatic rings. The number of halogens is 1. The van der Waals surface area contributed by atoms with E-state index in [0.717, 1.165) is 28.0 Å². The SMILES string of the molecule is Cc1cccc(-c2nc3ccccc3n2CC(=O)Nc2ccc(Cl)cc2)c1. The molecule has 1 heterocycles. The number of aryl methyl sites for hydroxylation is 1. The molecule has 0 spiro atoms. The van der Waals surface area contributed by atoms with Crippen LogP contribution in [-0.4, -0.2) is 15.5 Å². The lowest BCUT2D eigenvalue weighted by Crippen LogP contribution is -2.19. The number of para-hydroxylation sites is 2. The average Bonchev–Trinajstić information content (AvgIpc) is 3.02. The van der Waals surface area contributed by atoms with Gasteiger partial charge in [-0.25, -0.2) is 4.98 Å². The molecule has 0 saturated carbocycles. The van der Waals surface area contributed by atoms with Gasteiger partial charge in [0.2, 0.25) is 5.91 Å². The summed E-state index contributed by atoms with van der Waals surface area (Å²) >= 11 is 5.90. The molecular formula is C22H18ClN3O. The topological polar surface area (TPSA) is 46.9 Å². The summed E-state index contributed by atoms with van der Waals surface area (Å²) in [4.78, 5) is 17.4. The zero-order valence-corrected chi connectivity index (χ0v) is 15.6. The van der Waals surface area contributed by atoms with Crippen LogP contribution in [0.5, 0.6) is 0 Å². The summed E-state index contributed by atoms with van der Waals surface area (Å²) in [5, 5.41) is 3.55. The molecule has 0 atom stereocenters. The van der Waals surface area contributed by atoms with E-state index in [1.807, 2.05) is 54.0 Å². The molecule has 0 bridgehead atoms. The summed E-state index contributed by atoms with van der Waals surface area (Å²) in [6, 6.07) is 23.1. The molecule has 4 rings (SSSR count). The number of anilines is 1. The number of carbonyl (C=O) groups is 1. The van der Waals surface area contributed by atoms with Crippen molar-refractivity contribution >= 4 is 34.2 Å². The van der Waals surface area contributed by atoms with Gasteiger partial charge in [0, 0.05) is 16.3 Å². The van der Waals surface area contributed by atoms with E-state index in [1.165, 1.54) is 0 Å². The van der Waals surface area contributed by atoms with Gasteiger partial charge in [-0.3, -0.25) is 4.79 Å². The minimum atomic E-state index is -0.116. The first-order chi connectivity index (χ1) is 13.1. The van der Waals surface area contributed by atoms with E-state index in [9.17, 15) is 4.79 Å². The number of fused-ring (bicyclic) bond motifs is 1. The molecule has 0 radical (unpaired) electrons. The Kier molecular flexibility index (Phi) is 4.65. The fourth-order valence-electron chi connectivity index (χ4n) is 3.12. The van der Waals surface area contributed by atoms with E-state index >= 15 is 0 Å². The molecule has 27 heavy (non-hydrogen) atoms. The Labute approximate surface area is 162 Å². The fourth-order valence-corrected chi connectivity index (χ4v) is 3.24. The zero-order valence-electron chi connectivity index (χ0n) is 14.8. The molecule has 5 heteroatoms. The number of hydrogen-bond acceptors (Lipinski definition) is 2. The van der Waals surface area contributed by atoms with Crippen LogP contribution in [0.2, 0.25) is 5.02 Å². The van der Waals surface area contributed by atoms with Crippen LogP contribution in [0.3, 0.4) is 0 Å². The molecule has 0 aliphatic heterocycles. The fraction of sp³-hybridized carbons (Fsp3) is 0.0909. The lowest BCUT2D eigenvalue weighted by molar-refractivity contribution is -0.116. The van der Waals surface area contributed by atoms with E-state index in [-0.39, 0.29) is 12.5 Å². The minimum absolute atomic E-state index is 0.116. The molecule has 1 aromatic heterocycles. The highest BCUT2D eigenvalue weighted by molar-refractivity contribution is 6.30. The molecule has 3 aromatic carbocycles. The third-order valence-corrected chi connectivity index (χ3v) is 4.61. The van der Waals surface area contributed by atoms with Gasteiger partial charge in [-0.15, -0.1) is 0 Å². The van der Waals surface area contributed by atoms with Gasteiger partial charge in [-0.05, 0) is 49.4 Å². The Morgan fingerprint density at radius 1 is 1.04 bits per heavy atom. The van der Waals surface area contributed by atoms with Crippen LogP contribution in [0.4, 0.5) is 5.69 Å². The second-order valence-corrected chi connectivity index (χ2v) is 6.87. The molecule has 1 amide bonds. The van der Waals surface area contributed by atoms with Crippen molar-refractivity contribution in [3.05, 3.63) is 83.4 Å². The van der Waals surface area contributed by atoms with Crippen molar-refractivity contribution in [3.8, 4) is 11.4 Å². The van der Waals surface area contributed by atoms with Crippen LogP contribution in [0.15, 0.2) is 72.8 Å². The highest BCUT2D eigenvalue weighted by Crippen LogP contribution is 2.25. The van der Waals surface area contributed by atoms with E-state index in [1.54, 1.807) is 24.3 Å². The standard InChI is InChI=1S/C22H18ClN3O/c1-15-5-4-6-16(13-15)22-25-19-7-2-3-8-20(19)26(22)14-21(27)24-18-11-9-17(23)10-12-18/h2-13H,14H2,1H3,(H,24,27). The van der Waals surface area contributed by atoms with Crippen LogP contribution in [-0.2, 0) is 11.3 Å². The lowest BCUT2D eigenvalue weighted by Gasteiger charge is -2.11. The predicted molar refractivity (Wildman–Crippen MR) is 110 cm³/mol. The Hall–Kier alpha value is -3.11. The summed E-state index contributed by atoms with van der Waals surface area (Å²) in [5.41, 5.74) is 4.65. The summed E-state index contributed by atoms with van der Waals surface area (Å²) in [6.07, 6.45) is 0. The third kappa shape index (κ3) is 3.71. The normalized spacial score (nSPS) is 10.9. The second kappa shape index (κ2) is 7.25. The van der Waals surface area contributed by atoms with Gasteiger partial charge < -0.3 is 9.88 Å². The van der Waals surface area contributed by atoms with E-state index < -0.39 is 0 Å². The number of imidazole rings is 1. The van der Waals surface area contributed by atoms with Gasteiger partial charge in [0.15, 0.2) is 0 Å². The van der Waals surface area contributed by atoms with E-state index in [4.69, 9.17) is 16.6 Å². The summed E-state index contributed by atoms with van der Waals surface area (Å²) < 4.78 is 1.95. The maximum Gasteiger partial charge on any atom is 0.244 e. The average molecular weight is 376 g/mol. The number of nitrogens with one attached hydrogen (secondary N) is 1. The summed E-state index contributed by atoms with van der Waals surface area (Å²) in [5.74, 6) is 0.667. The molecule has 0 unspecified atom stereocenters. The van der Waals surface area contributed by atoms with Crippen molar-refractivity contribution in [1.82, 2.24) is 9.55 Å². The first-order valence-electron chi connectivity index (χ1n) is 8.68. The maximum atomic E-state index is 12.7. The highest BCUT2D eigenvalue weighted by Gasteiger charge is 2.15. The van der Waals surface area contributed by atoms with Gasteiger partial charge >= 0.3 is 0 Å². The first-order valence-corrected chi connectivity index (χ1v) is 9.06. The second-order valence-electron chi connectivity index (χ2n) is 6.43. The highest BCUT2D eigenvalue weighted by atomic mass is 35.5. The number of hydrogen-bond donors (Lipinski definition) is 1. The first kappa shape index (κ1) is 17.3. The van der Waals surface area contributed by atoms with Crippen molar-refractivity contribution in [3.63, 3.8) is 0 Å². The van der Waals surface area contributed by atoms with Crippen LogP contribution in [0.1, 0.15) is 5.56 Å². The number of carbonyl (C=O) groups excluding carboxylic acids is 1. The monoisotopic (exact) mass is 375 g/mol. The van der Waals surface area contributed by atoms with Crippen LogP contribution >= 0.6 is 11.6 Å². The molecule has 0 aliphatic rings. The van der Waals surface area contributed by atoms with E-state index in [2.05, 4.69) is 11.4 Å². The minimum Gasteiger partial charge on any atom is -0.325 e. The van der Waals surface area contributed by atoms with Crippen molar-refractivity contribution in [2.45, 2.75) is 13.5 Å². The van der Waals surface area contributed by atoms with Crippen LogP contribution < -0.4 is 5.32 Å². The van der Waals surface area contributed by atoms with Crippen LogP contribution in [0.25, 0.3) is 22.4 Å². The molecule has 0 aliphatic carbocycles. The smallest absolute Gasteiger partial charge is 0.244 e. The molecule has 1 N–H and O–H groups in total. The van der Waals surface area contributed by atoms with Gasteiger partial charge in [0.1, 0.15) is 12.4 Å². The molecule has 4 nitrogen and oxygen atoms in total. The van der Waals surface area contributed by atoms with Gasteiger partial charge in [0.25, 0.3) is 0 Å². The van der Waals surface area contributed by atoms with Gasteiger partial charge in [-0.1, -0.05) is 47.5 Å². The quantitative estimate of drug-likeness (QED) is 0.525. The van der Waals surface area contributed by atoms with Crippen molar-refractivity contribution < 1.29 is 4.79 Å². The summed E-state index contributed by atoms with van der Waals surface area (Å²) in [6.45, 7) is 2.22. The number of nitrogens with zero attached hydrogens (tertiary/aromatic N) is 2. The number of aromatic nitrogens is 2. The number of benzene rings is 3. The Balaban J connectivity index is 1.70. The molecule has 0 saturated heterocycles. The lowest BCUT2D eigenvalue weighted by atomic mass is 10.1.